The Hall–Kier alpha value is -1.82. The number of aromatic nitrogens is 2. The van der Waals surface area contributed by atoms with Crippen molar-refractivity contribution in [1.82, 2.24) is 14.5 Å². The molecule has 1 aromatic heterocycles. The fraction of sp³-hybridized carbons (Fsp3) is 0.500. The number of nitrogens with zero attached hydrogens (tertiary/aromatic N) is 3. The minimum Gasteiger partial charge on any atom is -0.343 e. The summed E-state index contributed by atoms with van der Waals surface area (Å²) in [6.07, 6.45) is 0. The molecule has 5 nitrogen and oxygen atoms in total. The monoisotopic (exact) mass is 347 g/mol. The molecular formula is C18H25N3O2S. The summed E-state index contributed by atoms with van der Waals surface area (Å²) in [5, 5.41) is 1.24. The van der Waals surface area contributed by atoms with Crippen molar-refractivity contribution in [1.29, 1.82) is 0 Å². The Bertz CT molecular complexity index is 766. The van der Waals surface area contributed by atoms with Crippen molar-refractivity contribution in [2.75, 3.05) is 18.8 Å². The van der Waals surface area contributed by atoms with E-state index in [4.69, 9.17) is 0 Å². The van der Waals surface area contributed by atoms with Crippen LogP contribution in [0.25, 0.3) is 10.9 Å². The predicted octanol–water partition coefficient (Wildman–Crippen LogP) is 3.01. The Balaban J connectivity index is 2.37. The molecule has 0 aliphatic carbocycles. The molecule has 0 unspecified atom stereocenters. The van der Waals surface area contributed by atoms with Crippen molar-refractivity contribution in [3.63, 3.8) is 0 Å². The summed E-state index contributed by atoms with van der Waals surface area (Å²) < 4.78 is 1.70. The molecule has 6 heteroatoms. The van der Waals surface area contributed by atoms with Gasteiger partial charge in [0, 0.05) is 19.6 Å². The number of fused-ring (bicyclic) bond motifs is 1. The highest BCUT2D eigenvalue weighted by Gasteiger charge is 2.16. The van der Waals surface area contributed by atoms with Crippen LogP contribution < -0.4 is 5.56 Å². The molecule has 0 N–H and O–H groups in total. The zero-order chi connectivity index (χ0) is 17.7. The molecule has 0 atom stereocenters. The minimum absolute atomic E-state index is 0.0351. The van der Waals surface area contributed by atoms with Crippen molar-refractivity contribution in [3.05, 3.63) is 34.6 Å². The lowest BCUT2D eigenvalue weighted by Gasteiger charge is -2.19. The fourth-order valence-electron chi connectivity index (χ4n) is 2.58. The van der Waals surface area contributed by atoms with Crippen LogP contribution in [0.1, 0.15) is 27.7 Å². The molecule has 0 saturated carbocycles. The lowest BCUT2D eigenvalue weighted by atomic mass is 10.2. The minimum atomic E-state index is -0.0351. The third kappa shape index (κ3) is 4.17. The molecule has 130 valence electrons. The largest absolute Gasteiger partial charge is 0.343 e. The van der Waals surface area contributed by atoms with E-state index in [1.807, 2.05) is 32.0 Å². The second kappa shape index (κ2) is 8.33. The van der Waals surface area contributed by atoms with Crippen LogP contribution in [0.5, 0.6) is 0 Å². The van der Waals surface area contributed by atoms with Gasteiger partial charge in [-0.1, -0.05) is 37.7 Å². The molecule has 1 heterocycles. The molecule has 1 aromatic carbocycles. The maximum Gasteiger partial charge on any atom is 0.262 e. The SMILES string of the molecule is CCN(CC)C(=O)CSc1nc2ccccc2c(=O)n1CC(C)C. The standard InChI is InChI=1S/C18H25N3O2S/c1-5-20(6-2)16(22)12-24-18-19-15-10-8-7-9-14(15)17(23)21(18)11-13(3)4/h7-10,13H,5-6,11-12H2,1-4H3. The van der Waals surface area contributed by atoms with Gasteiger partial charge in [-0.05, 0) is 31.9 Å². The van der Waals surface area contributed by atoms with Crippen LogP contribution in [0.3, 0.4) is 0 Å². The van der Waals surface area contributed by atoms with Gasteiger partial charge in [-0.15, -0.1) is 0 Å². The third-order valence-electron chi connectivity index (χ3n) is 3.82. The Labute approximate surface area is 147 Å². The van der Waals surface area contributed by atoms with Crippen molar-refractivity contribution < 1.29 is 4.79 Å². The van der Waals surface area contributed by atoms with E-state index in [1.165, 1.54) is 11.8 Å². The van der Waals surface area contributed by atoms with E-state index >= 15 is 0 Å². The first kappa shape index (κ1) is 18.5. The highest BCUT2D eigenvalue weighted by atomic mass is 32.2. The quantitative estimate of drug-likeness (QED) is 0.571. The lowest BCUT2D eigenvalue weighted by Crippen LogP contribution is -2.32. The molecule has 2 rings (SSSR count). The Morgan fingerprint density at radius 1 is 1.25 bits per heavy atom. The van der Waals surface area contributed by atoms with Gasteiger partial charge >= 0.3 is 0 Å². The molecule has 0 bridgehead atoms. The van der Waals surface area contributed by atoms with E-state index in [0.717, 1.165) is 0 Å². The van der Waals surface area contributed by atoms with Crippen LogP contribution in [0.4, 0.5) is 0 Å². The zero-order valence-electron chi connectivity index (χ0n) is 14.8. The first-order valence-electron chi connectivity index (χ1n) is 8.38. The predicted molar refractivity (Wildman–Crippen MR) is 99.5 cm³/mol. The highest BCUT2D eigenvalue weighted by Crippen LogP contribution is 2.19. The number of thioether (sulfide) groups is 1. The van der Waals surface area contributed by atoms with Crippen molar-refractivity contribution in [2.45, 2.75) is 39.4 Å². The van der Waals surface area contributed by atoms with Crippen LogP contribution in [0.2, 0.25) is 0 Å². The van der Waals surface area contributed by atoms with E-state index in [2.05, 4.69) is 18.8 Å². The third-order valence-corrected chi connectivity index (χ3v) is 4.78. The summed E-state index contributed by atoms with van der Waals surface area (Å²) in [5.74, 6) is 0.692. The second-order valence-corrected chi connectivity index (χ2v) is 7.02. The van der Waals surface area contributed by atoms with Gasteiger partial charge in [0.05, 0.1) is 16.7 Å². The molecule has 1 amide bonds. The smallest absolute Gasteiger partial charge is 0.262 e. The first-order valence-corrected chi connectivity index (χ1v) is 9.36. The Morgan fingerprint density at radius 3 is 2.54 bits per heavy atom. The van der Waals surface area contributed by atoms with Gasteiger partial charge in [0.25, 0.3) is 5.56 Å². The molecule has 0 aliphatic rings. The van der Waals surface area contributed by atoms with Crippen molar-refractivity contribution in [3.8, 4) is 0 Å². The lowest BCUT2D eigenvalue weighted by molar-refractivity contribution is -0.127. The highest BCUT2D eigenvalue weighted by molar-refractivity contribution is 7.99. The van der Waals surface area contributed by atoms with E-state index in [1.54, 1.807) is 15.5 Å². The zero-order valence-corrected chi connectivity index (χ0v) is 15.6. The Morgan fingerprint density at radius 2 is 1.92 bits per heavy atom. The van der Waals surface area contributed by atoms with E-state index in [0.29, 0.717) is 47.4 Å². The summed E-state index contributed by atoms with van der Waals surface area (Å²) in [6, 6.07) is 7.36. The van der Waals surface area contributed by atoms with Gasteiger partial charge in [-0.3, -0.25) is 14.2 Å². The van der Waals surface area contributed by atoms with Crippen LogP contribution in [-0.2, 0) is 11.3 Å². The normalized spacial score (nSPS) is 11.2. The summed E-state index contributed by atoms with van der Waals surface area (Å²) in [6.45, 7) is 10.1. The van der Waals surface area contributed by atoms with E-state index < -0.39 is 0 Å². The maximum atomic E-state index is 12.8. The average molecular weight is 347 g/mol. The van der Waals surface area contributed by atoms with Crippen LogP contribution >= 0.6 is 11.8 Å². The van der Waals surface area contributed by atoms with Gasteiger partial charge in [-0.2, -0.15) is 0 Å². The number of benzene rings is 1. The summed E-state index contributed by atoms with van der Waals surface area (Å²) in [4.78, 5) is 31.5. The van der Waals surface area contributed by atoms with Crippen molar-refractivity contribution >= 4 is 28.6 Å². The van der Waals surface area contributed by atoms with Gasteiger partial charge < -0.3 is 4.90 Å². The maximum absolute atomic E-state index is 12.8. The number of hydrogen-bond donors (Lipinski definition) is 0. The van der Waals surface area contributed by atoms with E-state index in [9.17, 15) is 9.59 Å². The molecular weight excluding hydrogens is 322 g/mol. The number of carbonyl (C=O) groups is 1. The summed E-state index contributed by atoms with van der Waals surface area (Å²) in [5.41, 5.74) is 0.646. The fourth-order valence-corrected chi connectivity index (χ4v) is 3.49. The molecule has 0 radical (unpaired) electrons. The number of hydrogen-bond acceptors (Lipinski definition) is 4. The van der Waals surface area contributed by atoms with Gasteiger partial charge in [-0.25, -0.2) is 4.98 Å². The van der Waals surface area contributed by atoms with Crippen LogP contribution in [-0.4, -0.2) is 39.2 Å². The summed E-state index contributed by atoms with van der Waals surface area (Å²) >= 11 is 1.35. The van der Waals surface area contributed by atoms with Crippen LogP contribution in [0.15, 0.2) is 34.2 Å². The second-order valence-electron chi connectivity index (χ2n) is 6.08. The molecule has 0 fully saturated rings. The van der Waals surface area contributed by atoms with Gasteiger partial charge in [0.2, 0.25) is 5.91 Å². The molecule has 2 aromatic rings. The average Bonchev–Trinajstić information content (AvgIpc) is 2.56. The topological polar surface area (TPSA) is 55.2 Å². The number of para-hydroxylation sites is 1. The molecule has 24 heavy (non-hydrogen) atoms. The summed E-state index contributed by atoms with van der Waals surface area (Å²) in [7, 11) is 0. The Kier molecular flexibility index (Phi) is 6.43. The van der Waals surface area contributed by atoms with E-state index in [-0.39, 0.29) is 11.5 Å². The number of amides is 1. The molecule has 0 aliphatic heterocycles. The van der Waals surface area contributed by atoms with Crippen molar-refractivity contribution in [2.24, 2.45) is 5.92 Å². The number of carbonyl (C=O) groups excluding carboxylic acids is 1. The van der Waals surface area contributed by atoms with Gasteiger partial charge in [0.1, 0.15) is 0 Å². The first-order chi connectivity index (χ1) is 11.5. The van der Waals surface area contributed by atoms with Gasteiger partial charge in [0.15, 0.2) is 5.16 Å². The van der Waals surface area contributed by atoms with Crippen LogP contribution in [0, 0.1) is 5.92 Å². The molecule has 0 spiro atoms. The molecule has 0 saturated heterocycles. The number of rotatable bonds is 7.